The lowest BCUT2D eigenvalue weighted by molar-refractivity contribution is -0.136. The van der Waals surface area contributed by atoms with E-state index in [0.29, 0.717) is 23.1 Å². The van der Waals surface area contributed by atoms with Gasteiger partial charge in [0.2, 0.25) is 11.8 Å². The van der Waals surface area contributed by atoms with Gasteiger partial charge in [-0.15, -0.1) is 0 Å². The Morgan fingerprint density at radius 2 is 1.81 bits per heavy atom. The van der Waals surface area contributed by atoms with Gasteiger partial charge in [0.1, 0.15) is 6.04 Å². The number of carbonyl (C=O) groups is 4. The van der Waals surface area contributed by atoms with Gasteiger partial charge in [0.25, 0.3) is 11.8 Å². The maximum Gasteiger partial charge on any atom is 0.262 e. The Morgan fingerprint density at radius 3 is 2.50 bits per heavy atom. The number of nitrogens with one attached hydrogen (secondary N) is 3. The summed E-state index contributed by atoms with van der Waals surface area (Å²) in [5, 5.41) is 9.31. The fraction of sp³-hybridized carbons (Fsp3) is 0.583. The largest absolute Gasteiger partial charge is 0.317 e. The molecule has 1 unspecified atom stereocenters. The molecule has 5 rings (SSSR count). The van der Waals surface area contributed by atoms with Gasteiger partial charge in [-0.05, 0) is 68.2 Å². The molecule has 1 atom stereocenters. The summed E-state index contributed by atoms with van der Waals surface area (Å²) in [6.45, 7) is 3.51. The highest BCUT2D eigenvalue weighted by Crippen LogP contribution is 2.47. The van der Waals surface area contributed by atoms with Crippen LogP contribution in [-0.2, 0) is 16.1 Å². The molecule has 3 aliphatic heterocycles. The lowest BCUT2D eigenvalue weighted by Crippen LogP contribution is -2.54. The number of rotatable bonds is 6. The molecule has 32 heavy (non-hydrogen) atoms. The number of benzene rings is 1. The predicted molar refractivity (Wildman–Crippen MR) is 117 cm³/mol. The van der Waals surface area contributed by atoms with Gasteiger partial charge in [0.15, 0.2) is 0 Å². The molecular formula is C24H30N4O4. The van der Waals surface area contributed by atoms with Crippen LogP contribution in [0.4, 0.5) is 0 Å². The van der Waals surface area contributed by atoms with Crippen molar-refractivity contribution in [2.45, 2.75) is 57.5 Å². The van der Waals surface area contributed by atoms with E-state index in [1.807, 2.05) is 6.07 Å². The van der Waals surface area contributed by atoms with Crippen LogP contribution in [0.25, 0.3) is 0 Å². The van der Waals surface area contributed by atoms with Crippen LogP contribution in [0.2, 0.25) is 0 Å². The summed E-state index contributed by atoms with van der Waals surface area (Å²) in [6, 6.07) is 4.38. The Balaban J connectivity index is 1.32. The van der Waals surface area contributed by atoms with E-state index in [2.05, 4.69) is 16.0 Å². The lowest BCUT2D eigenvalue weighted by Gasteiger charge is -2.48. The molecule has 1 saturated carbocycles. The van der Waals surface area contributed by atoms with Gasteiger partial charge >= 0.3 is 0 Å². The monoisotopic (exact) mass is 438 g/mol. The Kier molecular flexibility index (Phi) is 5.59. The van der Waals surface area contributed by atoms with Gasteiger partial charge in [-0.2, -0.15) is 0 Å². The Hall–Kier alpha value is -2.58. The zero-order valence-corrected chi connectivity index (χ0v) is 18.2. The highest BCUT2D eigenvalue weighted by atomic mass is 16.2. The molecule has 3 heterocycles. The van der Waals surface area contributed by atoms with E-state index in [4.69, 9.17) is 0 Å². The summed E-state index contributed by atoms with van der Waals surface area (Å²) in [5.41, 5.74) is 1.82. The van der Waals surface area contributed by atoms with E-state index in [9.17, 15) is 19.2 Å². The van der Waals surface area contributed by atoms with Crippen LogP contribution >= 0.6 is 0 Å². The maximum absolute atomic E-state index is 13.2. The van der Waals surface area contributed by atoms with Crippen LogP contribution < -0.4 is 16.0 Å². The van der Waals surface area contributed by atoms with E-state index >= 15 is 0 Å². The van der Waals surface area contributed by atoms with Crippen molar-refractivity contribution in [2.75, 3.05) is 19.6 Å². The molecule has 1 aromatic carbocycles. The van der Waals surface area contributed by atoms with Gasteiger partial charge < -0.3 is 10.6 Å². The van der Waals surface area contributed by atoms with Gasteiger partial charge in [0.05, 0.1) is 11.1 Å². The molecule has 3 N–H and O–H groups in total. The SMILES string of the molecule is O=C1CCC(N2C(=O)c3cccc(CNCC4(C5CCC5)CCNCC4)c3C2=O)C(=O)N1. The predicted octanol–water partition coefficient (Wildman–Crippen LogP) is 1.35. The molecular weight excluding hydrogens is 408 g/mol. The summed E-state index contributed by atoms with van der Waals surface area (Å²) >= 11 is 0. The van der Waals surface area contributed by atoms with Crippen LogP contribution in [0.3, 0.4) is 0 Å². The second kappa shape index (κ2) is 8.41. The third-order valence-corrected chi connectivity index (χ3v) is 7.92. The minimum absolute atomic E-state index is 0.121. The Labute approximate surface area is 187 Å². The van der Waals surface area contributed by atoms with Crippen LogP contribution in [0.5, 0.6) is 0 Å². The third kappa shape index (κ3) is 3.55. The van der Waals surface area contributed by atoms with Crippen molar-refractivity contribution in [2.24, 2.45) is 11.3 Å². The van der Waals surface area contributed by atoms with Crippen LogP contribution in [0.1, 0.15) is 71.2 Å². The number of imide groups is 2. The summed E-state index contributed by atoms with van der Waals surface area (Å²) in [6.07, 6.45) is 6.54. The second-order valence-electron chi connectivity index (χ2n) is 9.63. The topological polar surface area (TPSA) is 108 Å². The van der Waals surface area contributed by atoms with Gasteiger partial charge in [-0.25, -0.2) is 0 Å². The molecule has 0 aromatic heterocycles. The number of amides is 4. The maximum atomic E-state index is 13.2. The van der Waals surface area contributed by atoms with E-state index in [0.717, 1.165) is 48.9 Å². The molecule has 4 amide bonds. The van der Waals surface area contributed by atoms with Crippen LogP contribution in [0, 0.1) is 11.3 Å². The van der Waals surface area contributed by atoms with E-state index in [1.54, 1.807) is 12.1 Å². The molecule has 3 fully saturated rings. The van der Waals surface area contributed by atoms with Crippen molar-refractivity contribution in [3.63, 3.8) is 0 Å². The van der Waals surface area contributed by atoms with Gasteiger partial charge in [-0.1, -0.05) is 18.6 Å². The number of hydrogen-bond donors (Lipinski definition) is 3. The highest BCUT2D eigenvalue weighted by Gasteiger charge is 2.46. The first-order chi connectivity index (χ1) is 15.5. The van der Waals surface area contributed by atoms with Crippen molar-refractivity contribution < 1.29 is 19.2 Å². The van der Waals surface area contributed by atoms with Crippen molar-refractivity contribution in [1.29, 1.82) is 0 Å². The first kappa shape index (κ1) is 21.3. The number of carbonyl (C=O) groups excluding carboxylic acids is 4. The normalized spacial score (nSPS) is 25.5. The first-order valence-electron chi connectivity index (χ1n) is 11.8. The van der Waals surface area contributed by atoms with Gasteiger partial charge in [-0.3, -0.25) is 29.4 Å². The minimum atomic E-state index is -0.933. The number of hydrogen-bond acceptors (Lipinski definition) is 6. The smallest absolute Gasteiger partial charge is 0.262 e. The van der Waals surface area contributed by atoms with Crippen LogP contribution in [0.15, 0.2) is 18.2 Å². The Morgan fingerprint density at radius 1 is 1.03 bits per heavy atom. The van der Waals surface area contributed by atoms with E-state index in [-0.39, 0.29) is 18.7 Å². The molecule has 170 valence electrons. The number of fused-ring (bicyclic) bond motifs is 1. The third-order valence-electron chi connectivity index (χ3n) is 7.92. The van der Waals surface area contributed by atoms with Crippen molar-refractivity contribution in [3.8, 4) is 0 Å². The molecule has 4 aliphatic rings. The summed E-state index contributed by atoms with van der Waals surface area (Å²) in [7, 11) is 0. The molecule has 0 bridgehead atoms. The van der Waals surface area contributed by atoms with E-state index in [1.165, 1.54) is 19.3 Å². The summed E-state index contributed by atoms with van der Waals surface area (Å²) < 4.78 is 0. The summed E-state index contributed by atoms with van der Waals surface area (Å²) in [4.78, 5) is 51.1. The summed E-state index contributed by atoms with van der Waals surface area (Å²) in [5.74, 6) is -1.07. The van der Waals surface area contributed by atoms with Crippen LogP contribution in [-0.4, -0.2) is 54.2 Å². The fourth-order valence-electron chi connectivity index (χ4n) is 5.85. The van der Waals surface area contributed by atoms with Crippen molar-refractivity contribution in [3.05, 3.63) is 34.9 Å². The first-order valence-corrected chi connectivity index (χ1v) is 11.8. The average molecular weight is 439 g/mol. The molecule has 0 radical (unpaired) electrons. The standard InChI is InChI=1S/C24H30N4O4/c29-19-8-7-18(21(30)27-19)28-22(31)17-6-1-3-15(20(17)23(28)32)13-26-14-24(16-4-2-5-16)9-11-25-12-10-24/h1,3,6,16,18,25-26H,2,4-5,7-14H2,(H,27,29,30). The molecule has 1 aromatic rings. The minimum Gasteiger partial charge on any atom is -0.317 e. The fourth-order valence-corrected chi connectivity index (χ4v) is 5.85. The molecule has 1 aliphatic carbocycles. The number of piperidine rings is 2. The van der Waals surface area contributed by atoms with Crippen molar-refractivity contribution >= 4 is 23.6 Å². The zero-order valence-electron chi connectivity index (χ0n) is 18.2. The molecule has 2 saturated heterocycles. The zero-order chi connectivity index (χ0) is 22.3. The second-order valence-corrected chi connectivity index (χ2v) is 9.63. The average Bonchev–Trinajstić information content (AvgIpc) is 2.99. The molecule has 8 heteroatoms. The lowest BCUT2D eigenvalue weighted by atomic mass is 9.61. The quantitative estimate of drug-likeness (QED) is 0.579. The number of nitrogens with zero attached hydrogens (tertiary/aromatic N) is 1. The van der Waals surface area contributed by atoms with E-state index < -0.39 is 23.8 Å². The van der Waals surface area contributed by atoms with Crippen molar-refractivity contribution in [1.82, 2.24) is 20.9 Å². The molecule has 0 spiro atoms. The van der Waals surface area contributed by atoms with Gasteiger partial charge in [0, 0.05) is 19.5 Å². The Bertz CT molecular complexity index is 965. The molecule has 8 nitrogen and oxygen atoms in total. The highest BCUT2D eigenvalue weighted by molar-refractivity contribution is 6.24.